The molecule has 1 unspecified atom stereocenters. The minimum Gasteiger partial charge on any atom is -0.484 e. The van der Waals surface area contributed by atoms with Gasteiger partial charge in [0.2, 0.25) is 0 Å². The molecule has 1 heterocycles. The molecule has 2 amide bonds. The van der Waals surface area contributed by atoms with Gasteiger partial charge in [-0.15, -0.1) is 0 Å². The Morgan fingerprint density at radius 1 is 1.22 bits per heavy atom. The average Bonchev–Trinajstić information content (AvgIpc) is 3.04. The van der Waals surface area contributed by atoms with Crippen LogP contribution in [0.4, 0.5) is 13.2 Å². The molecule has 0 aliphatic rings. The minimum atomic E-state index is -4.47. The van der Waals surface area contributed by atoms with Crippen molar-refractivity contribution in [1.82, 2.24) is 15.6 Å². The van der Waals surface area contributed by atoms with Gasteiger partial charge in [-0.3, -0.25) is 9.59 Å². The highest BCUT2D eigenvalue weighted by molar-refractivity contribution is 5.99. The molecule has 9 heteroatoms. The summed E-state index contributed by atoms with van der Waals surface area (Å²) in [7, 11) is 1.41. The Bertz CT molecular complexity index is 831. The van der Waals surface area contributed by atoms with Gasteiger partial charge in [-0.1, -0.05) is 12.1 Å². The van der Waals surface area contributed by atoms with Gasteiger partial charge in [0.1, 0.15) is 17.5 Å². The highest BCUT2D eigenvalue weighted by atomic mass is 19.4. The van der Waals surface area contributed by atoms with Gasteiger partial charge in [0.05, 0.1) is 5.56 Å². The molecule has 1 atom stereocenters. The van der Waals surface area contributed by atoms with E-state index in [2.05, 4.69) is 15.6 Å². The fourth-order valence-electron chi connectivity index (χ4n) is 2.43. The SMILES string of the molecule is CCNC(=O)c1cc(OC(C)c2cccc(C(F)(F)F)c2)c(C(=O)NC)[nH]1. The van der Waals surface area contributed by atoms with Crippen LogP contribution in [0.3, 0.4) is 0 Å². The molecule has 1 aromatic carbocycles. The van der Waals surface area contributed by atoms with E-state index in [0.29, 0.717) is 6.54 Å². The number of nitrogens with one attached hydrogen (secondary N) is 3. The molecule has 0 radical (unpaired) electrons. The fourth-order valence-corrected chi connectivity index (χ4v) is 2.43. The van der Waals surface area contributed by atoms with Gasteiger partial charge in [0.25, 0.3) is 11.8 Å². The predicted octanol–water partition coefficient (Wildman–Crippen LogP) is 3.28. The van der Waals surface area contributed by atoms with Crippen molar-refractivity contribution in [1.29, 1.82) is 0 Å². The number of aromatic amines is 1. The van der Waals surface area contributed by atoms with E-state index in [0.717, 1.165) is 12.1 Å². The summed E-state index contributed by atoms with van der Waals surface area (Å²) in [5.74, 6) is -0.874. The van der Waals surface area contributed by atoms with Crippen LogP contribution < -0.4 is 15.4 Å². The summed E-state index contributed by atoms with van der Waals surface area (Å²) in [6.07, 6.45) is -5.25. The van der Waals surface area contributed by atoms with Gasteiger partial charge in [0, 0.05) is 19.7 Å². The van der Waals surface area contributed by atoms with Crippen LogP contribution in [0.25, 0.3) is 0 Å². The summed E-state index contributed by atoms with van der Waals surface area (Å²) >= 11 is 0. The molecule has 0 bridgehead atoms. The van der Waals surface area contributed by atoms with E-state index in [4.69, 9.17) is 4.74 Å². The average molecular weight is 383 g/mol. The summed E-state index contributed by atoms with van der Waals surface area (Å²) < 4.78 is 44.4. The van der Waals surface area contributed by atoms with Gasteiger partial charge >= 0.3 is 6.18 Å². The standard InChI is InChI=1S/C18H20F3N3O3/c1-4-23-16(25)13-9-14(15(24-13)17(26)22-3)27-10(2)11-6-5-7-12(8-11)18(19,20)21/h5-10,24H,4H2,1-3H3,(H,22,26)(H,23,25). The molecule has 0 fully saturated rings. The third-order valence-corrected chi connectivity index (χ3v) is 3.80. The van der Waals surface area contributed by atoms with Gasteiger partial charge in [-0.2, -0.15) is 13.2 Å². The number of carbonyl (C=O) groups is 2. The second kappa shape index (κ2) is 8.15. The summed E-state index contributed by atoms with van der Waals surface area (Å²) in [5, 5.41) is 5.00. The highest BCUT2D eigenvalue weighted by Gasteiger charge is 2.31. The van der Waals surface area contributed by atoms with Crippen molar-refractivity contribution in [2.45, 2.75) is 26.1 Å². The second-order valence-corrected chi connectivity index (χ2v) is 5.74. The molecule has 27 heavy (non-hydrogen) atoms. The first-order chi connectivity index (χ1) is 12.7. The van der Waals surface area contributed by atoms with E-state index < -0.39 is 29.7 Å². The molecule has 2 rings (SSSR count). The lowest BCUT2D eigenvalue weighted by Gasteiger charge is -2.16. The number of aromatic nitrogens is 1. The number of hydrogen-bond acceptors (Lipinski definition) is 3. The third kappa shape index (κ3) is 4.81. The molecule has 0 aliphatic carbocycles. The van der Waals surface area contributed by atoms with Gasteiger partial charge in [0.15, 0.2) is 5.75 Å². The first-order valence-corrected chi connectivity index (χ1v) is 8.24. The quantitative estimate of drug-likeness (QED) is 0.716. The van der Waals surface area contributed by atoms with Crippen molar-refractivity contribution >= 4 is 11.8 Å². The monoisotopic (exact) mass is 383 g/mol. The van der Waals surface area contributed by atoms with E-state index >= 15 is 0 Å². The fraction of sp³-hybridized carbons (Fsp3) is 0.333. The first-order valence-electron chi connectivity index (χ1n) is 8.24. The topological polar surface area (TPSA) is 83.2 Å². The van der Waals surface area contributed by atoms with E-state index in [1.165, 1.54) is 25.2 Å². The molecule has 0 aliphatic heterocycles. The van der Waals surface area contributed by atoms with Crippen LogP contribution in [0.15, 0.2) is 30.3 Å². The summed E-state index contributed by atoms with van der Waals surface area (Å²) in [6, 6.07) is 6.09. The van der Waals surface area contributed by atoms with Gasteiger partial charge < -0.3 is 20.4 Å². The molecule has 0 spiro atoms. The van der Waals surface area contributed by atoms with Crippen LogP contribution in [0.1, 0.15) is 52.1 Å². The minimum absolute atomic E-state index is 0.0116. The van der Waals surface area contributed by atoms with Crippen molar-refractivity contribution in [2.75, 3.05) is 13.6 Å². The number of H-pyrrole nitrogens is 1. The Morgan fingerprint density at radius 2 is 1.93 bits per heavy atom. The number of rotatable bonds is 6. The van der Waals surface area contributed by atoms with Crippen LogP contribution in [0, 0.1) is 0 Å². The second-order valence-electron chi connectivity index (χ2n) is 5.74. The molecular weight excluding hydrogens is 363 g/mol. The lowest BCUT2D eigenvalue weighted by atomic mass is 10.1. The van der Waals surface area contributed by atoms with Crippen molar-refractivity contribution in [3.8, 4) is 5.75 Å². The van der Waals surface area contributed by atoms with Crippen molar-refractivity contribution < 1.29 is 27.5 Å². The maximum absolute atomic E-state index is 12.9. The summed E-state index contributed by atoms with van der Waals surface area (Å²) in [5.41, 5.74) is -0.383. The predicted molar refractivity (Wildman–Crippen MR) is 92.7 cm³/mol. The van der Waals surface area contributed by atoms with Crippen LogP contribution in [0.2, 0.25) is 0 Å². The maximum Gasteiger partial charge on any atom is 0.416 e. The molecule has 0 saturated heterocycles. The number of alkyl halides is 3. The number of ether oxygens (including phenoxy) is 1. The van der Waals surface area contributed by atoms with Crippen LogP contribution in [0.5, 0.6) is 5.75 Å². The van der Waals surface area contributed by atoms with Crippen molar-refractivity contribution in [2.24, 2.45) is 0 Å². The first kappa shape index (κ1) is 20.3. The van der Waals surface area contributed by atoms with Crippen LogP contribution >= 0.6 is 0 Å². The Hall–Kier alpha value is -2.97. The largest absolute Gasteiger partial charge is 0.484 e. The zero-order valence-corrected chi connectivity index (χ0v) is 15.0. The number of amides is 2. The molecule has 6 nitrogen and oxygen atoms in total. The van der Waals surface area contributed by atoms with Gasteiger partial charge in [-0.25, -0.2) is 0 Å². The highest BCUT2D eigenvalue weighted by Crippen LogP contribution is 2.32. The normalized spacial score (nSPS) is 12.4. The lowest BCUT2D eigenvalue weighted by molar-refractivity contribution is -0.137. The van der Waals surface area contributed by atoms with Crippen LogP contribution in [-0.4, -0.2) is 30.4 Å². The Kier molecular flexibility index (Phi) is 6.14. The Labute approximate surface area is 154 Å². The summed E-state index contributed by atoms with van der Waals surface area (Å²) in [6.45, 7) is 3.69. The molecule has 1 aromatic heterocycles. The third-order valence-electron chi connectivity index (χ3n) is 3.80. The molecule has 3 N–H and O–H groups in total. The Balaban J connectivity index is 2.32. The van der Waals surface area contributed by atoms with Crippen LogP contribution in [-0.2, 0) is 6.18 Å². The number of hydrogen-bond donors (Lipinski definition) is 3. The number of halogens is 3. The van der Waals surface area contributed by atoms with E-state index in [-0.39, 0.29) is 22.7 Å². The van der Waals surface area contributed by atoms with Gasteiger partial charge in [-0.05, 0) is 31.5 Å². The molecule has 2 aromatic rings. The zero-order chi connectivity index (χ0) is 20.2. The van der Waals surface area contributed by atoms with Crippen molar-refractivity contribution in [3.63, 3.8) is 0 Å². The smallest absolute Gasteiger partial charge is 0.416 e. The molecule has 0 saturated carbocycles. The molecular formula is C18H20F3N3O3. The Morgan fingerprint density at radius 3 is 2.52 bits per heavy atom. The zero-order valence-electron chi connectivity index (χ0n) is 15.0. The van der Waals surface area contributed by atoms with Crippen molar-refractivity contribution in [3.05, 3.63) is 52.8 Å². The van der Waals surface area contributed by atoms with E-state index in [9.17, 15) is 22.8 Å². The number of carbonyl (C=O) groups excluding carboxylic acids is 2. The van der Waals surface area contributed by atoms with E-state index in [1.54, 1.807) is 13.8 Å². The number of benzene rings is 1. The maximum atomic E-state index is 12.9. The molecule has 146 valence electrons. The lowest BCUT2D eigenvalue weighted by Crippen LogP contribution is -2.23. The van der Waals surface area contributed by atoms with E-state index in [1.807, 2.05) is 0 Å². The summed E-state index contributed by atoms with van der Waals surface area (Å²) in [4.78, 5) is 26.7.